The lowest BCUT2D eigenvalue weighted by atomic mass is 10.2. The number of nitrogens with zero attached hydrogens (tertiary/aromatic N) is 2. The smallest absolute Gasteiger partial charge is 0.262 e. The number of aromatic nitrogens is 2. The molecule has 0 radical (unpaired) electrons. The molecule has 0 saturated heterocycles. The second-order valence-corrected chi connectivity index (χ2v) is 9.65. The number of hydrogen-bond acceptors (Lipinski definition) is 6. The quantitative estimate of drug-likeness (QED) is 0.416. The molecule has 5 rings (SSSR count). The van der Waals surface area contributed by atoms with Crippen LogP contribution in [0.15, 0.2) is 71.6 Å². The molecule has 3 aromatic carbocycles. The fourth-order valence-corrected chi connectivity index (χ4v) is 4.98. The number of hydrogen-bond donors (Lipinski definition) is 2. The SMILES string of the molecule is CCn1c(NC(=O)c2cccc(NS(=O)(=O)c3ccc4c(c3)OCCCO4)c2)nc2ccccc21. The predicted octanol–water partition coefficient (Wildman–Crippen LogP) is 4.27. The molecule has 10 heteroatoms. The van der Waals surface area contributed by atoms with E-state index in [1.54, 1.807) is 24.3 Å². The lowest BCUT2D eigenvalue weighted by Crippen LogP contribution is -2.17. The number of sulfonamides is 1. The first-order valence-corrected chi connectivity index (χ1v) is 12.7. The summed E-state index contributed by atoms with van der Waals surface area (Å²) < 4.78 is 41.6. The first kappa shape index (κ1) is 22.7. The van der Waals surface area contributed by atoms with E-state index in [4.69, 9.17) is 9.47 Å². The van der Waals surface area contributed by atoms with Crippen LogP contribution in [0.25, 0.3) is 11.0 Å². The van der Waals surface area contributed by atoms with Gasteiger partial charge in [-0.15, -0.1) is 0 Å². The topological polar surface area (TPSA) is 112 Å². The van der Waals surface area contributed by atoms with Gasteiger partial charge in [-0.1, -0.05) is 18.2 Å². The summed E-state index contributed by atoms with van der Waals surface area (Å²) in [7, 11) is -3.92. The molecule has 180 valence electrons. The molecule has 0 bridgehead atoms. The Morgan fingerprint density at radius 2 is 1.80 bits per heavy atom. The van der Waals surface area contributed by atoms with Crippen LogP contribution in [0.4, 0.5) is 11.6 Å². The van der Waals surface area contributed by atoms with Crippen LogP contribution in [0.2, 0.25) is 0 Å². The van der Waals surface area contributed by atoms with E-state index in [1.165, 1.54) is 18.2 Å². The van der Waals surface area contributed by atoms with Crippen LogP contribution in [0.5, 0.6) is 11.5 Å². The van der Waals surface area contributed by atoms with Crippen LogP contribution in [-0.4, -0.2) is 37.1 Å². The number of anilines is 2. The van der Waals surface area contributed by atoms with Gasteiger partial charge in [-0.25, -0.2) is 13.4 Å². The van der Waals surface area contributed by atoms with E-state index in [9.17, 15) is 13.2 Å². The third-order valence-corrected chi connectivity index (χ3v) is 6.98. The molecule has 1 aliphatic heterocycles. The highest BCUT2D eigenvalue weighted by Gasteiger charge is 2.20. The number of carbonyl (C=O) groups is 1. The summed E-state index contributed by atoms with van der Waals surface area (Å²) in [6, 6.07) is 18.4. The second-order valence-electron chi connectivity index (χ2n) is 7.97. The molecule has 4 aromatic rings. The molecule has 0 aliphatic carbocycles. The Morgan fingerprint density at radius 1 is 1.00 bits per heavy atom. The van der Waals surface area contributed by atoms with Gasteiger partial charge in [-0.2, -0.15) is 0 Å². The van der Waals surface area contributed by atoms with E-state index < -0.39 is 15.9 Å². The Morgan fingerprint density at radius 3 is 2.63 bits per heavy atom. The summed E-state index contributed by atoms with van der Waals surface area (Å²) in [5.41, 5.74) is 2.25. The van der Waals surface area contributed by atoms with Crippen LogP contribution < -0.4 is 19.5 Å². The number of nitrogens with one attached hydrogen (secondary N) is 2. The molecule has 1 aliphatic rings. The number of benzene rings is 3. The van der Waals surface area contributed by atoms with Crippen molar-refractivity contribution in [1.29, 1.82) is 0 Å². The second kappa shape index (κ2) is 9.30. The molecule has 1 aromatic heterocycles. The number of amides is 1. The van der Waals surface area contributed by atoms with E-state index in [1.807, 2.05) is 35.8 Å². The number of aryl methyl sites for hydroxylation is 1. The summed E-state index contributed by atoms with van der Waals surface area (Å²) in [4.78, 5) is 17.5. The first-order chi connectivity index (χ1) is 16.9. The Bertz CT molecular complexity index is 1510. The maximum absolute atomic E-state index is 13.0. The Kier molecular flexibility index (Phi) is 6.04. The highest BCUT2D eigenvalue weighted by atomic mass is 32.2. The monoisotopic (exact) mass is 492 g/mol. The van der Waals surface area contributed by atoms with Crippen molar-refractivity contribution in [2.75, 3.05) is 23.3 Å². The average Bonchev–Trinajstić information content (AvgIpc) is 3.03. The molecule has 0 atom stereocenters. The molecule has 2 N–H and O–H groups in total. The largest absolute Gasteiger partial charge is 0.490 e. The maximum atomic E-state index is 13.0. The normalized spacial score (nSPS) is 13.3. The minimum atomic E-state index is -3.92. The van der Waals surface area contributed by atoms with Crippen LogP contribution in [0.3, 0.4) is 0 Å². The highest BCUT2D eigenvalue weighted by Crippen LogP contribution is 2.32. The first-order valence-electron chi connectivity index (χ1n) is 11.2. The van der Waals surface area contributed by atoms with E-state index in [-0.39, 0.29) is 10.6 Å². The molecule has 9 nitrogen and oxygen atoms in total. The number of carbonyl (C=O) groups excluding carboxylic acids is 1. The Balaban J connectivity index is 1.36. The number of rotatable bonds is 6. The molecule has 1 amide bonds. The maximum Gasteiger partial charge on any atom is 0.262 e. The van der Waals surface area contributed by atoms with Crippen molar-refractivity contribution in [2.45, 2.75) is 24.8 Å². The highest BCUT2D eigenvalue weighted by molar-refractivity contribution is 7.92. The van der Waals surface area contributed by atoms with Gasteiger partial charge in [0.25, 0.3) is 15.9 Å². The van der Waals surface area contributed by atoms with Crippen LogP contribution in [0, 0.1) is 0 Å². The van der Waals surface area contributed by atoms with Gasteiger partial charge in [-0.05, 0) is 49.4 Å². The standard InChI is InChI=1S/C25H24N4O5S/c1-2-29-21-10-4-3-9-20(21)26-25(29)27-24(30)17-7-5-8-18(15-17)28-35(31,32)19-11-12-22-23(16-19)34-14-6-13-33-22/h3-5,7-12,15-16,28H,2,6,13-14H2,1H3,(H,26,27,30). The van der Waals surface area contributed by atoms with Crippen LogP contribution >= 0.6 is 0 Å². The van der Waals surface area contributed by atoms with Crippen molar-refractivity contribution >= 4 is 38.6 Å². The van der Waals surface area contributed by atoms with Gasteiger partial charge in [0.15, 0.2) is 11.5 Å². The predicted molar refractivity (Wildman–Crippen MR) is 133 cm³/mol. The average molecular weight is 493 g/mol. The molecular weight excluding hydrogens is 468 g/mol. The lowest BCUT2D eigenvalue weighted by molar-refractivity contribution is 0.102. The van der Waals surface area contributed by atoms with Crippen molar-refractivity contribution in [3.8, 4) is 11.5 Å². The van der Waals surface area contributed by atoms with Gasteiger partial charge >= 0.3 is 0 Å². The Labute approximate surface area is 202 Å². The fraction of sp³-hybridized carbons (Fsp3) is 0.200. The summed E-state index contributed by atoms with van der Waals surface area (Å²) in [6.45, 7) is 3.57. The minimum Gasteiger partial charge on any atom is -0.490 e. The Hall–Kier alpha value is -4.05. The summed E-state index contributed by atoms with van der Waals surface area (Å²) in [5.74, 6) is 0.930. The molecule has 0 unspecified atom stereocenters. The van der Waals surface area contributed by atoms with Crippen LogP contribution in [-0.2, 0) is 16.6 Å². The zero-order chi connectivity index (χ0) is 24.4. The summed E-state index contributed by atoms with van der Waals surface area (Å²) >= 11 is 0. The van der Waals surface area contributed by atoms with Crippen molar-refractivity contribution < 1.29 is 22.7 Å². The van der Waals surface area contributed by atoms with E-state index in [2.05, 4.69) is 15.0 Å². The molecule has 0 spiro atoms. The number of para-hydroxylation sites is 2. The van der Waals surface area contributed by atoms with Crippen molar-refractivity contribution in [3.05, 3.63) is 72.3 Å². The third kappa shape index (κ3) is 4.65. The molecule has 2 heterocycles. The van der Waals surface area contributed by atoms with Gasteiger partial charge in [0.1, 0.15) is 0 Å². The third-order valence-electron chi connectivity index (χ3n) is 5.60. The molecular formula is C25H24N4O5S. The van der Waals surface area contributed by atoms with Gasteiger partial charge in [-0.3, -0.25) is 14.8 Å². The minimum absolute atomic E-state index is 0.0354. The van der Waals surface area contributed by atoms with E-state index in [0.29, 0.717) is 42.8 Å². The molecule has 0 fully saturated rings. The van der Waals surface area contributed by atoms with E-state index in [0.717, 1.165) is 17.5 Å². The zero-order valence-corrected chi connectivity index (χ0v) is 19.8. The molecule has 0 saturated carbocycles. The van der Waals surface area contributed by atoms with Crippen molar-refractivity contribution in [3.63, 3.8) is 0 Å². The number of ether oxygens (including phenoxy) is 2. The van der Waals surface area contributed by atoms with Crippen molar-refractivity contribution in [2.24, 2.45) is 0 Å². The fourth-order valence-electron chi connectivity index (χ4n) is 3.91. The van der Waals surface area contributed by atoms with Gasteiger partial charge in [0, 0.05) is 30.3 Å². The van der Waals surface area contributed by atoms with Gasteiger partial charge < -0.3 is 14.0 Å². The summed E-state index contributed by atoms with van der Waals surface area (Å²) in [6.07, 6.45) is 0.721. The number of fused-ring (bicyclic) bond motifs is 2. The summed E-state index contributed by atoms with van der Waals surface area (Å²) in [5, 5.41) is 2.83. The number of imidazole rings is 1. The van der Waals surface area contributed by atoms with Gasteiger partial charge in [0.2, 0.25) is 5.95 Å². The van der Waals surface area contributed by atoms with Crippen molar-refractivity contribution in [1.82, 2.24) is 9.55 Å². The van der Waals surface area contributed by atoms with Crippen LogP contribution in [0.1, 0.15) is 23.7 Å². The van der Waals surface area contributed by atoms with Gasteiger partial charge in [0.05, 0.1) is 29.1 Å². The lowest BCUT2D eigenvalue weighted by Gasteiger charge is -2.12. The molecule has 35 heavy (non-hydrogen) atoms. The van der Waals surface area contributed by atoms with E-state index >= 15 is 0 Å². The zero-order valence-electron chi connectivity index (χ0n) is 19.0.